The zero-order valence-corrected chi connectivity index (χ0v) is 18.5. The fraction of sp³-hybridized carbons (Fsp3) is 0.909. The number of Topliss-reactive ketones (excluding diaryl/α,β-unsaturated/α-hetero) is 1. The average molecular weight is 429 g/mol. The van der Waals surface area contributed by atoms with Gasteiger partial charge in [0.25, 0.3) is 0 Å². The molecule has 0 spiro atoms. The van der Waals surface area contributed by atoms with Crippen LogP contribution in [0.3, 0.4) is 0 Å². The highest BCUT2D eigenvalue weighted by atomic mass is 35.5. The van der Waals surface area contributed by atoms with Crippen LogP contribution in [0.5, 0.6) is 0 Å². The number of nitrogens with zero attached hydrogens (tertiary/aromatic N) is 1. The predicted molar refractivity (Wildman–Crippen MR) is 114 cm³/mol. The molecule has 0 heterocycles. The number of hydrogen-bond acceptors (Lipinski definition) is 6. The molecule has 0 aliphatic heterocycles. The Balaban J connectivity index is 0.00000240. The number of aliphatic hydroxyl groups excluding tert-OH is 2. The van der Waals surface area contributed by atoms with Gasteiger partial charge in [0, 0.05) is 30.9 Å². The Morgan fingerprint density at radius 3 is 2.62 bits per heavy atom. The summed E-state index contributed by atoms with van der Waals surface area (Å²) in [6.07, 6.45) is 5.61. The molecule has 0 aromatic heterocycles. The van der Waals surface area contributed by atoms with Crippen molar-refractivity contribution >= 4 is 23.9 Å². The predicted octanol–water partition coefficient (Wildman–Crippen LogP) is 2.54. The number of fused-ring (bicyclic) bond motifs is 5. The number of halogens is 1. The maximum absolute atomic E-state index is 12.6. The first-order valence-electron chi connectivity index (χ1n) is 11.1. The zero-order chi connectivity index (χ0) is 20.1. The van der Waals surface area contributed by atoms with E-state index in [1.807, 2.05) is 0 Å². The van der Waals surface area contributed by atoms with Crippen molar-refractivity contribution in [1.29, 1.82) is 0 Å². The second-order valence-electron chi connectivity index (χ2n) is 10.1. The van der Waals surface area contributed by atoms with Gasteiger partial charge in [-0.15, -0.1) is 12.4 Å². The third-order valence-corrected chi connectivity index (χ3v) is 9.11. The van der Waals surface area contributed by atoms with Crippen LogP contribution in [-0.4, -0.2) is 47.6 Å². The molecule has 4 saturated carbocycles. The molecule has 8 atom stereocenters. The van der Waals surface area contributed by atoms with E-state index in [9.17, 15) is 15.0 Å². The standard InChI is InChI=1S/C22H36N2O4.ClH/c1-21-7-5-13(24-28-10-9-23)11-17(21)14(12-25)20(27)19-15-3-4-18(26)22(15,2)8-6-16(19)21;/h14-17,19-20,25,27H,3-12,23H2,1-2H3;1H/t14-,15+,16+,17?,19+,20-,21-,22+;/m1./s1. The quantitative estimate of drug-likeness (QED) is 0.471. The summed E-state index contributed by atoms with van der Waals surface area (Å²) in [5.41, 5.74) is 6.30. The molecule has 4 fully saturated rings. The van der Waals surface area contributed by atoms with Crippen LogP contribution < -0.4 is 5.73 Å². The van der Waals surface area contributed by atoms with Crippen LogP contribution >= 0.6 is 12.4 Å². The van der Waals surface area contributed by atoms with Crippen LogP contribution in [0.15, 0.2) is 5.16 Å². The third-order valence-electron chi connectivity index (χ3n) is 9.11. The fourth-order valence-corrected chi connectivity index (χ4v) is 7.53. The van der Waals surface area contributed by atoms with Gasteiger partial charge in [0.15, 0.2) is 0 Å². The number of rotatable bonds is 4. The molecule has 4 N–H and O–H groups in total. The SMILES string of the molecule is C[C@]12CCC(=NOCCN)CC1[C@@H](CO)[C@@H](O)[C@@H]1[C@@H]2CC[C@]2(C)C(=O)CC[C@@H]12.Cl. The topological polar surface area (TPSA) is 105 Å². The van der Waals surface area contributed by atoms with E-state index in [2.05, 4.69) is 19.0 Å². The monoisotopic (exact) mass is 428 g/mol. The first-order valence-corrected chi connectivity index (χ1v) is 11.1. The summed E-state index contributed by atoms with van der Waals surface area (Å²) in [7, 11) is 0. The van der Waals surface area contributed by atoms with Crippen LogP contribution in [0.2, 0.25) is 0 Å². The van der Waals surface area contributed by atoms with Gasteiger partial charge in [0.2, 0.25) is 0 Å². The summed E-state index contributed by atoms with van der Waals surface area (Å²) < 4.78 is 0. The molecule has 4 aliphatic rings. The van der Waals surface area contributed by atoms with Gasteiger partial charge in [-0.1, -0.05) is 19.0 Å². The minimum atomic E-state index is -0.548. The van der Waals surface area contributed by atoms with E-state index < -0.39 is 6.10 Å². The lowest BCUT2D eigenvalue weighted by molar-refractivity contribution is -0.188. The highest BCUT2D eigenvalue weighted by Gasteiger charge is 2.64. The van der Waals surface area contributed by atoms with Gasteiger partial charge in [-0.2, -0.15) is 0 Å². The van der Waals surface area contributed by atoms with E-state index in [0.29, 0.717) is 31.3 Å². The van der Waals surface area contributed by atoms with Gasteiger partial charge in [0.1, 0.15) is 12.4 Å². The van der Waals surface area contributed by atoms with Crippen LogP contribution in [-0.2, 0) is 9.63 Å². The molecule has 6 nitrogen and oxygen atoms in total. The molecule has 0 bridgehead atoms. The lowest BCUT2D eigenvalue weighted by Gasteiger charge is -2.63. The molecule has 0 radical (unpaired) electrons. The van der Waals surface area contributed by atoms with Gasteiger partial charge in [-0.3, -0.25) is 4.79 Å². The summed E-state index contributed by atoms with van der Waals surface area (Å²) >= 11 is 0. The summed E-state index contributed by atoms with van der Waals surface area (Å²) in [6.45, 7) is 5.33. The van der Waals surface area contributed by atoms with Gasteiger partial charge < -0.3 is 20.8 Å². The number of hydrogen-bond donors (Lipinski definition) is 3. The summed E-state index contributed by atoms with van der Waals surface area (Å²) in [5, 5.41) is 26.0. The smallest absolute Gasteiger partial charge is 0.139 e. The maximum Gasteiger partial charge on any atom is 0.139 e. The molecule has 166 valence electrons. The highest BCUT2D eigenvalue weighted by Crippen LogP contribution is 2.66. The highest BCUT2D eigenvalue weighted by molar-refractivity contribution is 5.87. The Bertz CT molecular complexity index is 659. The molecule has 29 heavy (non-hydrogen) atoms. The Kier molecular flexibility index (Phi) is 6.69. The van der Waals surface area contributed by atoms with E-state index in [1.54, 1.807) is 0 Å². The molecule has 0 saturated heterocycles. The Morgan fingerprint density at radius 1 is 1.17 bits per heavy atom. The van der Waals surface area contributed by atoms with Gasteiger partial charge in [-0.25, -0.2) is 0 Å². The van der Waals surface area contributed by atoms with Gasteiger partial charge >= 0.3 is 0 Å². The Morgan fingerprint density at radius 2 is 1.93 bits per heavy atom. The lowest BCUT2D eigenvalue weighted by atomic mass is 9.42. The zero-order valence-electron chi connectivity index (χ0n) is 17.7. The molecule has 0 aromatic carbocycles. The lowest BCUT2D eigenvalue weighted by Crippen LogP contribution is -2.62. The number of aliphatic hydroxyl groups is 2. The number of carbonyl (C=O) groups excluding carboxylic acids is 1. The van der Waals surface area contributed by atoms with E-state index in [-0.39, 0.29) is 53.5 Å². The average Bonchev–Trinajstić information content (AvgIpc) is 2.98. The van der Waals surface area contributed by atoms with Crippen molar-refractivity contribution in [2.45, 2.75) is 64.9 Å². The second-order valence-corrected chi connectivity index (χ2v) is 10.1. The van der Waals surface area contributed by atoms with Crippen molar-refractivity contribution in [3.05, 3.63) is 0 Å². The minimum Gasteiger partial charge on any atom is -0.396 e. The van der Waals surface area contributed by atoms with Crippen molar-refractivity contribution in [1.82, 2.24) is 0 Å². The van der Waals surface area contributed by atoms with E-state index in [4.69, 9.17) is 10.6 Å². The fourth-order valence-electron chi connectivity index (χ4n) is 7.53. The van der Waals surface area contributed by atoms with Crippen molar-refractivity contribution in [3.63, 3.8) is 0 Å². The minimum absolute atomic E-state index is 0. The van der Waals surface area contributed by atoms with Crippen molar-refractivity contribution in [3.8, 4) is 0 Å². The first kappa shape index (κ1) is 23.0. The van der Waals surface area contributed by atoms with Crippen molar-refractivity contribution in [2.24, 2.45) is 51.3 Å². The van der Waals surface area contributed by atoms with Crippen molar-refractivity contribution < 1.29 is 19.8 Å². The summed E-state index contributed by atoms with van der Waals surface area (Å²) in [6, 6.07) is 0. The molecular formula is C22H37ClN2O4. The van der Waals surface area contributed by atoms with Crippen LogP contribution in [0, 0.1) is 40.4 Å². The number of carbonyl (C=O) groups is 1. The Labute approximate surface area is 180 Å². The van der Waals surface area contributed by atoms with Crippen LogP contribution in [0.4, 0.5) is 0 Å². The maximum atomic E-state index is 12.6. The number of ketones is 1. The van der Waals surface area contributed by atoms with E-state index >= 15 is 0 Å². The largest absolute Gasteiger partial charge is 0.396 e. The molecule has 0 amide bonds. The third kappa shape index (κ3) is 3.44. The summed E-state index contributed by atoms with van der Waals surface area (Å²) in [4.78, 5) is 17.9. The normalized spacial score (nSPS) is 47.8. The summed E-state index contributed by atoms with van der Waals surface area (Å²) in [5.74, 6) is 1.20. The van der Waals surface area contributed by atoms with Gasteiger partial charge in [-0.05, 0) is 67.6 Å². The molecule has 7 heteroatoms. The van der Waals surface area contributed by atoms with Crippen molar-refractivity contribution in [2.75, 3.05) is 19.8 Å². The van der Waals surface area contributed by atoms with Gasteiger partial charge in [0.05, 0.1) is 11.8 Å². The molecule has 1 unspecified atom stereocenters. The van der Waals surface area contributed by atoms with Crippen LogP contribution in [0.1, 0.15) is 58.8 Å². The number of oxime groups is 1. The number of nitrogens with two attached hydrogens (primary N) is 1. The van der Waals surface area contributed by atoms with Crippen LogP contribution in [0.25, 0.3) is 0 Å². The van der Waals surface area contributed by atoms with E-state index in [0.717, 1.165) is 44.2 Å². The molecule has 0 aromatic rings. The van der Waals surface area contributed by atoms with E-state index in [1.165, 1.54) is 0 Å². The second kappa shape index (κ2) is 8.45. The molecule has 4 aliphatic carbocycles. The first-order chi connectivity index (χ1) is 13.4. The Hall–Kier alpha value is -0.690. The molecular weight excluding hydrogens is 392 g/mol. The molecule has 4 rings (SSSR count).